The van der Waals surface area contributed by atoms with Crippen molar-refractivity contribution in [1.82, 2.24) is 4.57 Å². The quantitative estimate of drug-likeness (QED) is 0.766. The van der Waals surface area contributed by atoms with Gasteiger partial charge in [-0.3, -0.25) is 4.79 Å². The largest absolute Gasteiger partial charge is 0.488 e. The van der Waals surface area contributed by atoms with Crippen LogP contribution in [-0.4, -0.2) is 21.7 Å². The third-order valence-corrected chi connectivity index (χ3v) is 2.94. The minimum absolute atomic E-state index is 0.0633. The monoisotopic (exact) mass is 261 g/mol. The van der Waals surface area contributed by atoms with E-state index in [1.807, 2.05) is 0 Å². The Morgan fingerprint density at radius 2 is 2.05 bits per heavy atom. The van der Waals surface area contributed by atoms with Gasteiger partial charge in [-0.2, -0.15) is 0 Å². The number of benzene rings is 1. The average Bonchev–Trinajstić information content (AvgIpc) is 2.36. The van der Waals surface area contributed by atoms with Gasteiger partial charge in [0, 0.05) is 11.8 Å². The minimum atomic E-state index is -1.77. The standard InChI is InChI=1S/C13H13BFNO3/c1-9-3-2-6-16(13(9)17)8-10-4-5-11(15)7-12(10)14(18)19/h2-7,18-19H,8H2,1H3. The van der Waals surface area contributed by atoms with Gasteiger partial charge >= 0.3 is 7.12 Å². The Bertz CT molecular complexity index is 655. The van der Waals surface area contributed by atoms with Crippen molar-refractivity contribution in [3.05, 3.63) is 63.8 Å². The summed E-state index contributed by atoms with van der Waals surface area (Å²) in [5.74, 6) is -0.552. The molecule has 0 radical (unpaired) electrons. The van der Waals surface area contributed by atoms with Crippen LogP contribution < -0.4 is 11.0 Å². The lowest BCUT2D eigenvalue weighted by molar-refractivity contribution is 0.425. The molecule has 0 aliphatic heterocycles. The molecule has 0 saturated heterocycles. The summed E-state index contributed by atoms with van der Waals surface area (Å²) in [6, 6.07) is 7.16. The van der Waals surface area contributed by atoms with E-state index in [1.165, 1.54) is 16.7 Å². The molecule has 98 valence electrons. The van der Waals surface area contributed by atoms with Crippen LogP contribution in [0.5, 0.6) is 0 Å². The Balaban J connectivity index is 2.44. The Hall–Kier alpha value is -1.92. The summed E-state index contributed by atoms with van der Waals surface area (Å²) in [7, 11) is -1.77. The first-order valence-corrected chi connectivity index (χ1v) is 5.79. The number of hydrogen-bond donors (Lipinski definition) is 2. The maximum absolute atomic E-state index is 13.1. The fourth-order valence-electron chi connectivity index (χ4n) is 1.91. The number of nitrogens with zero attached hydrogens (tertiary/aromatic N) is 1. The van der Waals surface area contributed by atoms with E-state index in [9.17, 15) is 19.2 Å². The molecule has 2 aromatic rings. The topological polar surface area (TPSA) is 62.5 Å². The average molecular weight is 261 g/mol. The summed E-state index contributed by atoms with van der Waals surface area (Å²) in [5, 5.41) is 18.5. The number of pyridine rings is 1. The second kappa shape index (κ2) is 5.38. The van der Waals surface area contributed by atoms with Gasteiger partial charge in [-0.25, -0.2) is 4.39 Å². The fourth-order valence-corrected chi connectivity index (χ4v) is 1.91. The SMILES string of the molecule is Cc1cccn(Cc2ccc(F)cc2B(O)O)c1=O. The summed E-state index contributed by atoms with van der Waals surface area (Å²) in [5.41, 5.74) is 0.985. The highest BCUT2D eigenvalue weighted by atomic mass is 19.1. The zero-order valence-corrected chi connectivity index (χ0v) is 10.4. The van der Waals surface area contributed by atoms with Crippen LogP contribution in [0.3, 0.4) is 0 Å². The molecular formula is C13H13BFNO3. The molecule has 6 heteroatoms. The summed E-state index contributed by atoms with van der Waals surface area (Å²) in [4.78, 5) is 11.9. The van der Waals surface area contributed by atoms with Crippen LogP contribution in [-0.2, 0) is 6.54 Å². The fraction of sp³-hybridized carbons (Fsp3) is 0.154. The molecule has 4 nitrogen and oxygen atoms in total. The summed E-state index contributed by atoms with van der Waals surface area (Å²) in [6.07, 6.45) is 1.60. The van der Waals surface area contributed by atoms with Crippen LogP contribution in [0.2, 0.25) is 0 Å². The van der Waals surface area contributed by atoms with Gasteiger partial charge in [0.05, 0.1) is 6.54 Å². The predicted octanol–water partition coefficient (Wildman–Crippen LogP) is 0.0239. The maximum Gasteiger partial charge on any atom is 0.488 e. The van der Waals surface area contributed by atoms with Gasteiger partial charge < -0.3 is 14.6 Å². The van der Waals surface area contributed by atoms with Gasteiger partial charge in [0.2, 0.25) is 0 Å². The molecular weight excluding hydrogens is 248 g/mol. The molecule has 0 fully saturated rings. The summed E-state index contributed by atoms with van der Waals surface area (Å²) >= 11 is 0. The van der Waals surface area contributed by atoms with E-state index < -0.39 is 12.9 Å². The van der Waals surface area contributed by atoms with Crippen LogP contribution in [0, 0.1) is 12.7 Å². The first-order valence-electron chi connectivity index (χ1n) is 5.79. The van der Waals surface area contributed by atoms with Crippen LogP contribution >= 0.6 is 0 Å². The molecule has 0 spiro atoms. The molecule has 2 rings (SSSR count). The van der Waals surface area contributed by atoms with Gasteiger partial charge in [0.1, 0.15) is 5.82 Å². The van der Waals surface area contributed by atoms with E-state index in [1.54, 1.807) is 25.3 Å². The second-order valence-electron chi connectivity index (χ2n) is 4.34. The Morgan fingerprint density at radius 3 is 2.74 bits per heavy atom. The minimum Gasteiger partial charge on any atom is -0.423 e. The molecule has 0 aliphatic rings. The number of hydrogen-bond acceptors (Lipinski definition) is 3. The maximum atomic E-state index is 13.1. The van der Waals surface area contributed by atoms with E-state index in [-0.39, 0.29) is 17.6 Å². The number of aryl methyl sites for hydroxylation is 1. The van der Waals surface area contributed by atoms with Gasteiger partial charge in [0.15, 0.2) is 0 Å². The van der Waals surface area contributed by atoms with Crippen molar-refractivity contribution < 1.29 is 14.4 Å². The molecule has 2 N–H and O–H groups in total. The van der Waals surface area contributed by atoms with Crippen molar-refractivity contribution in [2.45, 2.75) is 13.5 Å². The Morgan fingerprint density at radius 1 is 1.32 bits per heavy atom. The number of halogens is 1. The van der Waals surface area contributed by atoms with Gasteiger partial charge in [-0.1, -0.05) is 12.1 Å². The first-order chi connectivity index (χ1) is 8.99. The molecule has 1 heterocycles. The highest BCUT2D eigenvalue weighted by molar-refractivity contribution is 6.59. The third kappa shape index (κ3) is 2.92. The molecule has 19 heavy (non-hydrogen) atoms. The first kappa shape index (κ1) is 13.5. The lowest BCUT2D eigenvalue weighted by Gasteiger charge is -2.11. The molecule has 0 aliphatic carbocycles. The molecule has 0 amide bonds. The van der Waals surface area contributed by atoms with Gasteiger partial charge in [-0.15, -0.1) is 0 Å². The zero-order valence-electron chi connectivity index (χ0n) is 10.4. The van der Waals surface area contributed by atoms with Crippen LogP contribution in [0.4, 0.5) is 4.39 Å². The smallest absolute Gasteiger partial charge is 0.423 e. The van der Waals surface area contributed by atoms with E-state index in [0.717, 1.165) is 6.07 Å². The number of aromatic nitrogens is 1. The number of rotatable bonds is 3. The Labute approximate surface area is 109 Å². The lowest BCUT2D eigenvalue weighted by Crippen LogP contribution is -2.35. The van der Waals surface area contributed by atoms with Gasteiger partial charge in [0.25, 0.3) is 5.56 Å². The molecule has 0 bridgehead atoms. The third-order valence-electron chi connectivity index (χ3n) is 2.94. The predicted molar refractivity (Wildman–Crippen MR) is 70.8 cm³/mol. The van der Waals surface area contributed by atoms with Crippen LogP contribution in [0.15, 0.2) is 41.3 Å². The molecule has 0 atom stereocenters. The van der Waals surface area contributed by atoms with Crippen molar-refractivity contribution in [2.24, 2.45) is 0 Å². The van der Waals surface area contributed by atoms with E-state index >= 15 is 0 Å². The van der Waals surface area contributed by atoms with Crippen molar-refractivity contribution in [3.8, 4) is 0 Å². The van der Waals surface area contributed by atoms with E-state index in [4.69, 9.17) is 0 Å². The molecule has 0 saturated carbocycles. The molecule has 1 aromatic heterocycles. The normalized spacial score (nSPS) is 10.5. The van der Waals surface area contributed by atoms with Crippen LogP contribution in [0.1, 0.15) is 11.1 Å². The highest BCUT2D eigenvalue weighted by Gasteiger charge is 2.17. The molecule has 0 unspecified atom stereocenters. The Kier molecular flexibility index (Phi) is 3.83. The lowest BCUT2D eigenvalue weighted by atomic mass is 9.77. The second-order valence-corrected chi connectivity index (χ2v) is 4.34. The highest BCUT2D eigenvalue weighted by Crippen LogP contribution is 2.03. The summed E-state index contributed by atoms with van der Waals surface area (Å²) < 4.78 is 14.5. The molecule has 1 aromatic carbocycles. The zero-order chi connectivity index (χ0) is 14.0. The van der Waals surface area contributed by atoms with E-state index in [0.29, 0.717) is 11.1 Å². The van der Waals surface area contributed by atoms with Gasteiger partial charge in [-0.05, 0) is 36.1 Å². The van der Waals surface area contributed by atoms with E-state index in [2.05, 4.69) is 0 Å². The van der Waals surface area contributed by atoms with Crippen molar-refractivity contribution in [3.63, 3.8) is 0 Å². The van der Waals surface area contributed by atoms with Crippen LogP contribution in [0.25, 0.3) is 0 Å². The summed E-state index contributed by atoms with van der Waals surface area (Å²) in [6.45, 7) is 1.86. The van der Waals surface area contributed by atoms with Crippen molar-refractivity contribution in [1.29, 1.82) is 0 Å². The van der Waals surface area contributed by atoms with Crippen molar-refractivity contribution in [2.75, 3.05) is 0 Å². The van der Waals surface area contributed by atoms with Crippen molar-refractivity contribution >= 4 is 12.6 Å².